The van der Waals surface area contributed by atoms with Crippen molar-refractivity contribution in [1.82, 2.24) is 10.1 Å². The number of ether oxygens (including phenoxy) is 2. The molecule has 1 aliphatic rings. The molecule has 112 valence electrons. The maximum atomic E-state index is 6.00. The summed E-state index contributed by atoms with van der Waals surface area (Å²) in [6, 6.07) is 7.51. The third-order valence-electron chi connectivity index (χ3n) is 3.43. The average Bonchev–Trinajstić information content (AvgIpc) is 3.13. The highest BCUT2D eigenvalue weighted by Crippen LogP contribution is 2.37. The summed E-state index contributed by atoms with van der Waals surface area (Å²) in [7, 11) is 0. The monoisotopic (exact) mass is 289 g/mol. The topological polar surface area (TPSA) is 83.4 Å². The molecule has 0 aliphatic carbocycles. The van der Waals surface area contributed by atoms with Crippen LogP contribution < -0.4 is 10.5 Å². The van der Waals surface area contributed by atoms with Crippen LogP contribution in [0.4, 0.5) is 0 Å². The Morgan fingerprint density at radius 2 is 2.29 bits per heavy atom. The predicted octanol–water partition coefficient (Wildman–Crippen LogP) is 2.02. The van der Waals surface area contributed by atoms with Crippen LogP contribution in [0.3, 0.4) is 0 Å². The lowest BCUT2D eigenvalue weighted by Gasteiger charge is -2.07. The minimum absolute atomic E-state index is 0.0220. The first-order valence-corrected chi connectivity index (χ1v) is 7.18. The number of para-hydroxylation sites is 1. The zero-order valence-corrected chi connectivity index (χ0v) is 12.0. The van der Waals surface area contributed by atoms with Gasteiger partial charge in [-0.3, -0.25) is 0 Å². The van der Waals surface area contributed by atoms with E-state index in [1.165, 1.54) is 0 Å². The van der Waals surface area contributed by atoms with Crippen molar-refractivity contribution in [2.24, 2.45) is 5.73 Å². The first-order chi connectivity index (χ1) is 10.3. The third-order valence-corrected chi connectivity index (χ3v) is 3.43. The van der Waals surface area contributed by atoms with E-state index >= 15 is 0 Å². The lowest BCUT2D eigenvalue weighted by atomic mass is 10.0. The van der Waals surface area contributed by atoms with Crippen LogP contribution in [0, 0.1) is 0 Å². The number of nitrogens with zero attached hydrogens (tertiary/aromatic N) is 2. The van der Waals surface area contributed by atoms with Gasteiger partial charge in [0.15, 0.2) is 5.82 Å². The summed E-state index contributed by atoms with van der Waals surface area (Å²) >= 11 is 0. The van der Waals surface area contributed by atoms with Crippen molar-refractivity contribution in [3.05, 3.63) is 41.5 Å². The van der Waals surface area contributed by atoms with E-state index in [1.54, 1.807) is 0 Å². The number of hydrogen-bond acceptors (Lipinski definition) is 6. The molecular formula is C15H19N3O3. The van der Waals surface area contributed by atoms with Gasteiger partial charge in [0.1, 0.15) is 18.3 Å². The van der Waals surface area contributed by atoms with Crippen molar-refractivity contribution in [3.63, 3.8) is 0 Å². The largest absolute Gasteiger partial charge is 0.492 e. The number of rotatable bonds is 6. The van der Waals surface area contributed by atoms with E-state index in [9.17, 15) is 0 Å². The highest BCUT2D eigenvalue weighted by molar-refractivity contribution is 5.42. The van der Waals surface area contributed by atoms with Crippen molar-refractivity contribution in [1.29, 1.82) is 0 Å². The van der Waals surface area contributed by atoms with Crippen molar-refractivity contribution in [2.45, 2.75) is 25.3 Å². The van der Waals surface area contributed by atoms with Crippen LogP contribution in [0.15, 0.2) is 28.8 Å². The quantitative estimate of drug-likeness (QED) is 0.819. The molecule has 0 bridgehead atoms. The molecule has 2 atom stereocenters. The molecule has 2 aromatic rings. The van der Waals surface area contributed by atoms with Crippen LogP contribution in [0.25, 0.3) is 0 Å². The molecule has 1 aromatic carbocycles. The zero-order chi connectivity index (χ0) is 14.7. The van der Waals surface area contributed by atoms with Crippen LogP contribution in [0.2, 0.25) is 0 Å². The van der Waals surface area contributed by atoms with E-state index in [4.69, 9.17) is 19.7 Å². The van der Waals surface area contributed by atoms with Gasteiger partial charge < -0.3 is 19.7 Å². The maximum absolute atomic E-state index is 6.00. The summed E-state index contributed by atoms with van der Waals surface area (Å²) < 4.78 is 16.4. The second kappa shape index (κ2) is 6.24. The van der Waals surface area contributed by atoms with E-state index in [0.29, 0.717) is 31.5 Å². The average molecular weight is 289 g/mol. The van der Waals surface area contributed by atoms with Crippen LogP contribution in [0.1, 0.15) is 42.6 Å². The molecule has 0 amide bonds. The molecule has 3 rings (SSSR count). The highest BCUT2D eigenvalue weighted by Gasteiger charge is 2.30. The molecule has 1 aliphatic heterocycles. The molecule has 1 aromatic heterocycles. The Bertz CT molecular complexity index is 599. The Balaban J connectivity index is 1.71. The van der Waals surface area contributed by atoms with Crippen LogP contribution in [0.5, 0.6) is 5.75 Å². The fourth-order valence-electron chi connectivity index (χ4n) is 2.34. The number of hydrogen-bond donors (Lipinski definition) is 1. The van der Waals surface area contributed by atoms with Gasteiger partial charge in [0.2, 0.25) is 5.89 Å². The summed E-state index contributed by atoms with van der Waals surface area (Å²) in [5.74, 6) is 1.87. The minimum Gasteiger partial charge on any atom is -0.492 e. The van der Waals surface area contributed by atoms with Crippen molar-refractivity contribution in [2.75, 3.05) is 19.8 Å². The molecule has 6 heteroatoms. The summed E-state index contributed by atoms with van der Waals surface area (Å²) in [6.45, 7) is 3.64. The lowest BCUT2D eigenvalue weighted by molar-refractivity contribution is 0.119. The molecule has 0 saturated carbocycles. The molecule has 0 radical (unpaired) electrons. The van der Waals surface area contributed by atoms with Crippen molar-refractivity contribution < 1.29 is 14.0 Å². The molecule has 2 heterocycles. The van der Waals surface area contributed by atoms with Gasteiger partial charge in [-0.15, -0.1) is 0 Å². The van der Waals surface area contributed by atoms with Gasteiger partial charge in [-0.25, -0.2) is 0 Å². The summed E-state index contributed by atoms with van der Waals surface area (Å²) in [6.07, 6.45) is 0.959. The molecule has 2 N–H and O–H groups in total. The minimum atomic E-state index is -0.369. The predicted molar refractivity (Wildman–Crippen MR) is 76.1 cm³/mol. The second-order valence-corrected chi connectivity index (χ2v) is 5.07. The summed E-state index contributed by atoms with van der Waals surface area (Å²) in [4.78, 5) is 4.41. The third kappa shape index (κ3) is 2.91. The number of fused-ring (bicyclic) bond motifs is 1. The summed E-state index contributed by atoms with van der Waals surface area (Å²) in [5, 5.41) is 3.97. The Hall–Kier alpha value is -1.92. The normalized spacial score (nSPS) is 18.3. The Morgan fingerprint density at radius 3 is 3.14 bits per heavy atom. The smallest absolute Gasteiger partial charge is 0.237 e. The van der Waals surface area contributed by atoms with E-state index in [2.05, 4.69) is 17.1 Å². The second-order valence-electron chi connectivity index (χ2n) is 5.07. The van der Waals surface area contributed by atoms with Gasteiger partial charge in [-0.05, 0) is 12.5 Å². The Labute approximate surface area is 123 Å². The SMILES string of the molecule is CCCOCC(N)c1noc(C2COc3ccccc32)n1. The molecule has 0 spiro atoms. The molecule has 0 saturated heterocycles. The zero-order valence-electron chi connectivity index (χ0n) is 12.0. The fraction of sp³-hybridized carbons (Fsp3) is 0.467. The molecule has 0 fully saturated rings. The van der Waals surface area contributed by atoms with Gasteiger partial charge in [0.05, 0.1) is 12.6 Å². The van der Waals surface area contributed by atoms with Crippen LogP contribution in [-0.4, -0.2) is 30.0 Å². The van der Waals surface area contributed by atoms with E-state index in [-0.39, 0.29) is 12.0 Å². The van der Waals surface area contributed by atoms with Crippen LogP contribution in [-0.2, 0) is 4.74 Å². The maximum Gasteiger partial charge on any atom is 0.237 e. The van der Waals surface area contributed by atoms with Crippen LogP contribution >= 0.6 is 0 Å². The number of benzene rings is 1. The van der Waals surface area contributed by atoms with Gasteiger partial charge in [0.25, 0.3) is 0 Å². The first kappa shape index (κ1) is 14.0. The van der Waals surface area contributed by atoms with Gasteiger partial charge in [-0.2, -0.15) is 4.98 Å². The molecule has 2 unspecified atom stereocenters. The van der Waals surface area contributed by atoms with Crippen molar-refractivity contribution >= 4 is 0 Å². The lowest BCUT2D eigenvalue weighted by Crippen LogP contribution is -2.19. The molecule has 21 heavy (non-hydrogen) atoms. The van der Waals surface area contributed by atoms with Gasteiger partial charge in [-0.1, -0.05) is 30.3 Å². The number of nitrogens with two attached hydrogens (primary N) is 1. The Morgan fingerprint density at radius 1 is 1.43 bits per heavy atom. The van der Waals surface area contributed by atoms with E-state index < -0.39 is 0 Å². The number of aromatic nitrogens is 2. The van der Waals surface area contributed by atoms with E-state index in [1.807, 2.05) is 24.3 Å². The van der Waals surface area contributed by atoms with Crippen molar-refractivity contribution in [3.8, 4) is 5.75 Å². The van der Waals surface area contributed by atoms with E-state index in [0.717, 1.165) is 17.7 Å². The summed E-state index contributed by atoms with van der Waals surface area (Å²) in [5.41, 5.74) is 7.07. The standard InChI is InChI=1S/C15H19N3O3/c1-2-7-19-9-12(16)14-17-15(21-18-14)11-8-20-13-6-4-3-5-10(11)13/h3-6,11-12H,2,7-9,16H2,1H3. The highest BCUT2D eigenvalue weighted by atomic mass is 16.5. The molecular weight excluding hydrogens is 270 g/mol. The van der Waals surface area contributed by atoms with Gasteiger partial charge >= 0.3 is 0 Å². The fourth-order valence-corrected chi connectivity index (χ4v) is 2.34. The first-order valence-electron chi connectivity index (χ1n) is 7.18. The Kier molecular flexibility index (Phi) is 4.17. The molecule has 6 nitrogen and oxygen atoms in total. The van der Waals surface area contributed by atoms with Gasteiger partial charge in [0, 0.05) is 12.2 Å².